The van der Waals surface area contributed by atoms with Crippen molar-refractivity contribution in [2.45, 2.75) is 50.7 Å². The van der Waals surface area contributed by atoms with E-state index in [-0.39, 0.29) is 0 Å². The number of likely N-dealkylation sites (N-methyl/N-ethyl adjacent to an activating group) is 1. The van der Waals surface area contributed by atoms with Gasteiger partial charge in [-0.25, -0.2) is 0 Å². The molecule has 1 saturated heterocycles. The minimum atomic E-state index is 0.355. The highest BCUT2D eigenvalue weighted by Gasteiger charge is 2.18. The highest BCUT2D eigenvalue weighted by atomic mass is 16.5. The molecule has 1 aliphatic carbocycles. The second-order valence-electron chi connectivity index (χ2n) is 6.29. The first kappa shape index (κ1) is 14.5. The molecule has 4 nitrogen and oxygen atoms in total. The Labute approximate surface area is 127 Å². The van der Waals surface area contributed by atoms with E-state index in [1.807, 2.05) is 24.3 Å². The van der Waals surface area contributed by atoms with E-state index < -0.39 is 0 Å². The molecular formula is C17H25N3O. The molecule has 21 heavy (non-hydrogen) atoms. The minimum absolute atomic E-state index is 0.355. The molecule has 3 rings (SSSR count). The fourth-order valence-corrected chi connectivity index (χ4v) is 3.12. The summed E-state index contributed by atoms with van der Waals surface area (Å²) >= 11 is 0. The zero-order valence-corrected chi connectivity index (χ0v) is 12.9. The van der Waals surface area contributed by atoms with Gasteiger partial charge >= 0.3 is 0 Å². The van der Waals surface area contributed by atoms with Crippen molar-refractivity contribution in [2.24, 2.45) is 10.2 Å². The molecule has 0 amide bonds. The van der Waals surface area contributed by atoms with Gasteiger partial charge in [0.05, 0.1) is 17.8 Å². The smallest absolute Gasteiger partial charge is 0.119 e. The summed E-state index contributed by atoms with van der Waals surface area (Å²) in [4.78, 5) is 2.30. The summed E-state index contributed by atoms with van der Waals surface area (Å²) in [5.41, 5.74) is 0.917. The van der Waals surface area contributed by atoms with Crippen LogP contribution in [-0.2, 0) is 0 Å². The van der Waals surface area contributed by atoms with Crippen LogP contribution in [0.5, 0.6) is 5.75 Å². The summed E-state index contributed by atoms with van der Waals surface area (Å²) in [5.74, 6) is 0.960. The number of benzene rings is 1. The van der Waals surface area contributed by atoms with Crippen molar-refractivity contribution < 1.29 is 4.74 Å². The lowest BCUT2D eigenvalue weighted by Gasteiger charge is -2.22. The fourth-order valence-electron chi connectivity index (χ4n) is 3.12. The topological polar surface area (TPSA) is 37.2 Å². The molecule has 0 radical (unpaired) electrons. The molecule has 0 N–H and O–H groups in total. The van der Waals surface area contributed by atoms with Gasteiger partial charge in [-0.1, -0.05) is 6.42 Å². The number of likely N-dealkylation sites (tertiary alicyclic amines) is 1. The van der Waals surface area contributed by atoms with Crippen molar-refractivity contribution in [2.75, 3.05) is 20.1 Å². The van der Waals surface area contributed by atoms with Crippen LogP contribution in [0.25, 0.3) is 0 Å². The number of nitrogens with zero attached hydrogens (tertiary/aromatic N) is 3. The molecule has 1 aliphatic heterocycles. The Hall–Kier alpha value is -1.42. The zero-order valence-electron chi connectivity index (χ0n) is 12.9. The Morgan fingerprint density at radius 1 is 1.05 bits per heavy atom. The molecule has 1 saturated carbocycles. The van der Waals surface area contributed by atoms with Crippen molar-refractivity contribution in [3.05, 3.63) is 24.3 Å². The second kappa shape index (κ2) is 7.03. The van der Waals surface area contributed by atoms with Crippen LogP contribution < -0.4 is 4.74 Å². The van der Waals surface area contributed by atoms with Gasteiger partial charge in [-0.15, -0.1) is 0 Å². The molecule has 1 unspecified atom stereocenters. The van der Waals surface area contributed by atoms with Crippen LogP contribution in [0.4, 0.5) is 5.69 Å². The summed E-state index contributed by atoms with van der Waals surface area (Å²) in [6, 6.07) is 8.39. The highest BCUT2D eigenvalue weighted by Crippen LogP contribution is 2.25. The van der Waals surface area contributed by atoms with Gasteiger partial charge in [0, 0.05) is 13.1 Å². The lowest BCUT2D eigenvalue weighted by molar-refractivity contribution is 0.155. The number of hydrogen-bond donors (Lipinski definition) is 0. The van der Waals surface area contributed by atoms with Gasteiger partial charge in [-0.3, -0.25) is 0 Å². The van der Waals surface area contributed by atoms with Crippen molar-refractivity contribution in [1.29, 1.82) is 0 Å². The standard InChI is InChI=1S/C17H25N3O/c1-20-12-11-15(13-20)19-18-14-7-9-17(10-8-14)21-16-5-3-2-4-6-16/h7-10,15-16H,2-6,11-13H2,1H3. The quantitative estimate of drug-likeness (QED) is 0.779. The fraction of sp³-hybridized carbons (Fsp3) is 0.647. The van der Waals surface area contributed by atoms with Crippen LogP contribution in [0.15, 0.2) is 34.5 Å². The van der Waals surface area contributed by atoms with Gasteiger partial charge in [-0.2, -0.15) is 10.2 Å². The van der Waals surface area contributed by atoms with Crippen LogP contribution in [0.3, 0.4) is 0 Å². The van der Waals surface area contributed by atoms with E-state index >= 15 is 0 Å². The summed E-state index contributed by atoms with van der Waals surface area (Å²) in [5, 5.41) is 8.79. The molecule has 4 heteroatoms. The van der Waals surface area contributed by atoms with E-state index in [2.05, 4.69) is 22.2 Å². The number of rotatable bonds is 4. The third-order valence-corrected chi connectivity index (χ3v) is 4.39. The van der Waals surface area contributed by atoms with E-state index in [9.17, 15) is 0 Å². The van der Waals surface area contributed by atoms with Crippen LogP contribution >= 0.6 is 0 Å². The maximum absolute atomic E-state index is 6.02. The van der Waals surface area contributed by atoms with E-state index in [0.29, 0.717) is 12.1 Å². The molecule has 0 aromatic heterocycles. The van der Waals surface area contributed by atoms with Crippen LogP contribution in [-0.4, -0.2) is 37.2 Å². The largest absolute Gasteiger partial charge is 0.490 e. The van der Waals surface area contributed by atoms with E-state index in [1.165, 1.54) is 32.1 Å². The van der Waals surface area contributed by atoms with E-state index in [4.69, 9.17) is 4.74 Å². The molecule has 1 aromatic carbocycles. The van der Waals surface area contributed by atoms with Gasteiger partial charge in [0.15, 0.2) is 0 Å². The molecule has 0 bridgehead atoms. The maximum Gasteiger partial charge on any atom is 0.119 e. The second-order valence-corrected chi connectivity index (χ2v) is 6.29. The zero-order chi connectivity index (χ0) is 14.5. The minimum Gasteiger partial charge on any atom is -0.490 e. The first-order valence-corrected chi connectivity index (χ1v) is 8.16. The summed E-state index contributed by atoms with van der Waals surface area (Å²) in [7, 11) is 2.13. The van der Waals surface area contributed by atoms with E-state index in [0.717, 1.165) is 30.9 Å². The Balaban J connectivity index is 1.52. The number of hydrogen-bond acceptors (Lipinski definition) is 4. The average Bonchev–Trinajstić information content (AvgIpc) is 2.93. The lowest BCUT2D eigenvalue weighted by Crippen LogP contribution is -2.19. The van der Waals surface area contributed by atoms with Gasteiger partial charge in [0.25, 0.3) is 0 Å². The highest BCUT2D eigenvalue weighted by molar-refractivity contribution is 5.40. The molecule has 1 heterocycles. The van der Waals surface area contributed by atoms with Gasteiger partial charge in [0.2, 0.25) is 0 Å². The molecule has 2 fully saturated rings. The van der Waals surface area contributed by atoms with Crippen LogP contribution in [0.2, 0.25) is 0 Å². The predicted octanol–water partition coefficient (Wildman–Crippen LogP) is 4.19. The molecular weight excluding hydrogens is 262 g/mol. The monoisotopic (exact) mass is 287 g/mol. The lowest BCUT2D eigenvalue weighted by atomic mass is 9.98. The predicted molar refractivity (Wildman–Crippen MR) is 84.4 cm³/mol. The van der Waals surface area contributed by atoms with Gasteiger partial charge < -0.3 is 9.64 Å². The molecule has 114 valence electrons. The maximum atomic E-state index is 6.02. The first-order chi connectivity index (χ1) is 10.3. The summed E-state index contributed by atoms with van der Waals surface area (Å²) in [6.07, 6.45) is 7.85. The SMILES string of the molecule is CN1CCC(N=Nc2ccc(OC3CCCCC3)cc2)C1. The number of ether oxygens (including phenoxy) is 1. The van der Waals surface area contributed by atoms with Gasteiger partial charge in [0.1, 0.15) is 5.75 Å². The Morgan fingerprint density at radius 2 is 1.81 bits per heavy atom. The average molecular weight is 287 g/mol. The van der Waals surface area contributed by atoms with Crippen LogP contribution in [0, 0.1) is 0 Å². The Bertz CT molecular complexity index is 465. The van der Waals surface area contributed by atoms with Gasteiger partial charge in [-0.05, 0) is 63.4 Å². The van der Waals surface area contributed by atoms with Crippen molar-refractivity contribution in [3.8, 4) is 5.75 Å². The van der Waals surface area contributed by atoms with Crippen molar-refractivity contribution >= 4 is 5.69 Å². The third kappa shape index (κ3) is 4.27. The summed E-state index contributed by atoms with van der Waals surface area (Å²) in [6.45, 7) is 2.14. The van der Waals surface area contributed by atoms with E-state index in [1.54, 1.807) is 0 Å². The Morgan fingerprint density at radius 3 is 2.48 bits per heavy atom. The first-order valence-electron chi connectivity index (χ1n) is 8.16. The summed E-state index contributed by atoms with van der Waals surface area (Å²) < 4.78 is 6.02. The molecule has 1 atom stereocenters. The van der Waals surface area contributed by atoms with Crippen molar-refractivity contribution in [3.63, 3.8) is 0 Å². The number of azo groups is 1. The Kier molecular flexibility index (Phi) is 4.86. The third-order valence-electron chi connectivity index (χ3n) is 4.39. The molecule has 0 spiro atoms. The normalized spacial score (nSPS) is 24.7. The van der Waals surface area contributed by atoms with Crippen molar-refractivity contribution in [1.82, 2.24) is 4.90 Å². The molecule has 1 aromatic rings. The van der Waals surface area contributed by atoms with Crippen LogP contribution in [0.1, 0.15) is 38.5 Å². The molecule has 2 aliphatic rings.